The first-order valence-electron chi connectivity index (χ1n) is 5.37. The average molecular weight is 549 g/mol. The summed E-state index contributed by atoms with van der Waals surface area (Å²) >= 11 is 0. The molecule has 3 nitrogen and oxygen atoms in total. The Hall–Kier alpha value is -0.252. The average Bonchev–Trinajstić information content (AvgIpc) is 1.73. The molecule has 1 unspecified atom stereocenters. The Labute approximate surface area is 100 Å². The number of rotatable bonds is 6. The third kappa shape index (κ3) is 11.8. The second-order valence-electron chi connectivity index (χ2n) is 5.62. The first-order valence-corrected chi connectivity index (χ1v) is 16.1. The summed E-state index contributed by atoms with van der Waals surface area (Å²) in [4.78, 5) is 0. The summed E-state index contributed by atoms with van der Waals surface area (Å²) in [6.45, 7) is 17.3. The normalized spacial score (nSPS) is 14.8. The Morgan fingerprint density at radius 1 is 0.938 bits per heavy atom. The molecule has 16 heavy (non-hydrogen) atoms. The van der Waals surface area contributed by atoms with E-state index in [1.807, 2.05) is 0 Å². The molecule has 0 rings (SSSR count). The fraction of sp³-hybridized carbons (Fsp3) is 1.00. The van der Waals surface area contributed by atoms with Crippen LogP contribution in [0, 0.1) is 0 Å². The van der Waals surface area contributed by atoms with Crippen molar-refractivity contribution in [2.75, 3.05) is 0 Å². The SMILES string of the molecule is C[Si](O[SiH](C)O[Si](C)(C)C)O[Si](C)(C)C.[Rf]. The molecule has 0 aliphatic heterocycles. The van der Waals surface area contributed by atoms with E-state index >= 15 is 0 Å². The Morgan fingerprint density at radius 2 is 1.38 bits per heavy atom. The summed E-state index contributed by atoms with van der Waals surface area (Å²) in [5, 5.41) is 0. The largest absolute Gasteiger partial charge is 0.439 e. The molecule has 1 atom stereocenters. The summed E-state index contributed by atoms with van der Waals surface area (Å²) in [6, 6.07) is 0. The van der Waals surface area contributed by atoms with Crippen molar-refractivity contribution in [1.29, 1.82) is 0 Å². The van der Waals surface area contributed by atoms with Crippen molar-refractivity contribution < 1.29 is 12.3 Å². The van der Waals surface area contributed by atoms with Crippen molar-refractivity contribution in [1.82, 2.24) is 0 Å². The van der Waals surface area contributed by atoms with Crippen LogP contribution in [0.5, 0.6) is 0 Å². The van der Waals surface area contributed by atoms with Gasteiger partial charge in [0.2, 0.25) is 0 Å². The maximum atomic E-state index is 5.94. The van der Waals surface area contributed by atoms with Crippen LogP contribution >= 0.6 is 0 Å². The number of hydrogen-bond acceptors (Lipinski definition) is 3. The molecule has 1 radical (unpaired) electrons. The van der Waals surface area contributed by atoms with Gasteiger partial charge in [-0.25, -0.2) is 0 Å². The smallest absolute Gasteiger partial charge is 0.360 e. The van der Waals surface area contributed by atoms with E-state index in [9.17, 15) is 0 Å². The molecule has 0 fully saturated rings. The van der Waals surface area contributed by atoms with Crippen molar-refractivity contribution in [3.63, 3.8) is 0 Å². The summed E-state index contributed by atoms with van der Waals surface area (Å²) in [6.07, 6.45) is 0. The first-order chi connectivity index (χ1) is 6.49. The van der Waals surface area contributed by atoms with Crippen molar-refractivity contribution in [2.24, 2.45) is 0 Å². The monoisotopic (exact) mass is 548 g/mol. The predicted octanol–water partition coefficient (Wildman–Crippen LogP) is 2.67. The van der Waals surface area contributed by atoms with Gasteiger partial charge in [-0.05, 0) is 52.4 Å². The molecule has 0 spiro atoms. The number of hydrogen-bond donors (Lipinski definition) is 0. The molecule has 8 heteroatoms. The minimum absolute atomic E-state index is 0. The standard InChI is InChI=1S/C8H25O3Si4.Rf/c1-12(10-14(3,4)5)9-13(2)11-15(6,7)8;/h12H,1-8H3;. The van der Waals surface area contributed by atoms with Gasteiger partial charge in [0.05, 0.1) is 0 Å². The van der Waals surface area contributed by atoms with Gasteiger partial charge in [-0.15, -0.1) is 0 Å². The van der Waals surface area contributed by atoms with E-state index < -0.39 is 35.2 Å². The van der Waals surface area contributed by atoms with E-state index in [0.717, 1.165) is 0 Å². The van der Waals surface area contributed by atoms with Crippen LogP contribution in [-0.2, 0) is 12.3 Å². The van der Waals surface area contributed by atoms with Crippen LogP contribution in [0.1, 0.15) is 0 Å². The van der Waals surface area contributed by atoms with Crippen LogP contribution in [0.15, 0.2) is 0 Å². The van der Waals surface area contributed by atoms with E-state index in [-0.39, 0.29) is 0 Å². The van der Waals surface area contributed by atoms with Crippen LogP contribution in [0.25, 0.3) is 0 Å². The Balaban J connectivity index is 0. The minimum atomic E-state index is -1.47. The quantitative estimate of drug-likeness (QED) is 0.478. The van der Waals surface area contributed by atoms with Gasteiger partial charge in [0.15, 0.2) is 16.6 Å². The van der Waals surface area contributed by atoms with Crippen molar-refractivity contribution in [3.05, 3.63) is 0 Å². The van der Waals surface area contributed by atoms with Gasteiger partial charge in [-0.3, -0.25) is 0 Å². The minimum Gasteiger partial charge on any atom is -0.439 e. The van der Waals surface area contributed by atoms with E-state index in [2.05, 4.69) is 52.4 Å². The van der Waals surface area contributed by atoms with Gasteiger partial charge < -0.3 is 12.3 Å². The Bertz CT molecular complexity index is 173. The third-order valence-corrected chi connectivity index (χ3v) is 11.7. The van der Waals surface area contributed by atoms with Gasteiger partial charge >= 0.3 is 9.28 Å². The van der Waals surface area contributed by atoms with Crippen LogP contribution in [-0.4, -0.2) is 35.2 Å². The molecule has 93 valence electrons. The van der Waals surface area contributed by atoms with E-state index in [0.29, 0.717) is 0 Å². The zero-order valence-electron chi connectivity index (χ0n) is 12.0. The molecule has 0 heterocycles. The van der Waals surface area contributed by atoms with Crippen LogP contribution in [0.3, 0.4) is 0 Å². The zero-order valence-corrected chi connectivity index (χ0v) is 22.6. The molecule has 0 aliphatic carbocycles. The molecule has 0 aromatic carbocycles. The maximum absolute atomic E-state index is 5.94. The second kappa shape index (κ2) is 6.47. The molecule has 0 bridgehead atoms. The fourth-order valence-corrected chi connectivity index (χ4v) is 11.8. The molecule has 0 amide bonds. The van der Waals surface area contributed by atoms with E-state index in [4.69, 9.17) is 12.3 Å². The molecule has 0 aromatic heterocycles. The second-order valence-corrected chi connectivity index (χ2v) is 18.9. The molecule has 0 N–H and O–H groups in total. The maximum Gasteiger partial charge on any atom is 0.360 e. The Morgan fingerprint density at radius 3 is 1.69 bits per heavy atom. The molecule has 0 aromatic rings. The third-order valence-electron chi connectivity index (χ3n) is 1.30. The van der Waals surface area contributed by atoms with Gasteiger partial charge in [-0.1, -0.05) is 0 Å². The topological polar surface area (TPSA) is 27.7 Å². The van der Waals surface area contributed by atoms with Crippen molar-refractivity contribution >= 4 is 35.2 Å². The van der Waals surface area contributed by atoms with Gasteiger partial charge in [0, 0.05) is 0 Å². The Kier molecular flexibility index (Phi) is 7.33. The van der Waals surface area contributed by atoms with Crippen molar-refractivity contribution in [2.45, 2.75) is 52.4 Å². The fourth-order valence-electron chi connectivity index (χ4n) is 1.21. The van der Waals surface area contributed by atoms with E-state index in [1.54, 1.807) is 0 Å². The molecule has 0 aliphatic rings. The summed E-state index contributed by atoms with van der Waals surface area (Å²) in [5.74, 6) is 0. The van der Waals surface area contributed by atoms with Crippen LogP contribution in [0.2, 0.25) is 52.4 Å². The summed E-state index contributed by atoms with van der Waals surface area (Å²) in [5.41, 5.74) is 0. The predicted molar refractivity (Wildman–Crippen MR) is 74.6 cm³/mol. The summed E-state index contributed by atoms with van der Waals surface area (Å²) < 4.78 is 17.7. The van der Waals surface area contributed by atoms with Crippen LogP contribution in [0.4, 0.5) is 0 Å². The van der Waals surface area contributed by atoms with Gasteiger partial charge in [-0.2, -0.15) is 0 Å². The molecular formula is C8H25O3RfSi4. The molecule has 0 saturated carbocycles. The first kappa shape index (κ1) is 18.1. The van der Waals surface area contributed by atoms with Gasteiger partial charge in [0.25, 0.3) is 9.28 Å². The van der Waals surface area contributed by atoms with Gasteiger partial charge in [0.1, 0.15) is 0 Å². The van der Waals surface area contributed by atoms with E-state index in [1.165, 1.54) is 0 Å². The van der Waals surface area contributed by atoms with Crippen molar-refractivity contribution in [3.8, 4) is 0 Å². The molecule has 0 saturated heterocycles. The van der Waals surface area contributed by atoms with Crippen LogP contribution < -0.4 is 0 Å². The zero-order chi connectivity index (χ0) is 12.3. The molecular weight excluding hydrogens is 523 g/mol. The summed E-state index contributed by atoms with van der Waals surface area (Å²) in [7, 11) is -5.45.